The van der Waals surface area contributed by atoms with Crippen LogP contribution in [0.3, 0.4) is 0 Å². The van der Waals surface area contributed by atoms with E-state index in [4.69, 9.17) is 0 Å². The van der Waals surface area contributed by atoms with Crippen molar-refractivity contribution < 1.29 is 10.2 Å². The van der Waals surface area contributed by atoms with Gasteiger partial charge in [0, 0.05) is 26.2 Å². The van der Waals surface area contributed by atoms with Crippen LogP contribution in [-0.2, 0) is 0 Å². The van der Waals surface area contributed by atoms with Gasteiger partial charge in [0.2, 0.25) is 5.91 Å². The first-order valence-corrected chi connectivity index (χ1v) is 3.61. The Morgan fingerprint density at radius 1 is 1.00 bits per heavy atom. The van der Waals surface area contributed by atoms with Crippen molar-refractivity contribution >= 4 is 0 Å². The number of hydrogen-bond acceptors (Lipinski definition) is 4. The lowest BCUT2D eigenvalue weighted by Crippen LogP contribution is -2.68. The van der Waals surface area contributed by atoms with E-state index in [1.807, 2.05) is 0 Å². The van der Waals surface area contributed by atoms with E-state index in [-0.39, 0.29) is 0 Å². The molecule has 3 saturated heterocycles. The summed E-state index contributed by atoms with van der Waals surface area (Å²) in [6.07, 6.45) is 0. The molecule has 58 valence electrons. The summed E-state index contributed by atoms with van der Waals surface area (Å²) >= 11 is 0. The van der Waals surface area contributed by atoms with E-state index in [2.05, 4.69) is 4.90 Å². The van der Waals surface area contributed by atoms with E-state index < -0.39 is 5.91 Å². The molecule has 0 saturated carbocycles. The van der Waals surface area contributed by atoms with Gasteiger partial charge in [0.15, 0.2) is 0 Å². The zero-order valence-corrected chi connectivity index (χ0v) is 5.82. The molecule has 0 radical (unpaired) electrons. The van der Waals surface area contributed by atoms with Crippen LogP contribution in [0.2, 0.25) is 0 Å². The maximum atomic E-state index is 9.30. The minimum Gasteiger partial charge on any atom is -0.352 e. The van der Waals surface area contributed by atoms with Crippen LogP contribution < -0.4 is 0 Å². The highest BCUT2D eigenvalue weighted by molar-refractivity contribution is 4.86. The quantitative estimate of drug-likeness (QED) is 0.396. The molecule has 3 fully saturated rings. The van der Waals surface area contributed by atoms with Crippen LogP contribution in [0.5, 0.6) is 0 Å². The second-order valence-corrected chi connectivity index (χ2v) is 3.04. The Bertz CT molecular complexity index is 141. The lowest BCUT2D eigenvalue weighted by Gasteiger charge is -2.49. The Balaban J connectivity index is 2.15. The number of rotatable bonds is 0. The lowest BCUT2D eigenvalue weighted by atomic mass is 10.2. The molecule has 2 N–H and O–H groups in total. The molecule has 3 rings (SSSR count). The topological polar surface area (TPSA) is 46.9 Å². The van der Waals surface area contributed by atoms with E-state index in [1.165, 1.54) is 0 Å². The zero-order chi connectivity index (χ0) is 7.19. The number of nitrogens with zero attached hydrogens (tertiary/aromatic N) is 2. The van der Waals surface area contributed by atoms with Crippen LogP contribution in [0.1, 0.15) is 0 Å². The minimum atomic E-state index is -1.55. The highest BCUT2D eigenvalue weighted by atomic mass is 16.5. The van der Waals surface area contributed by atoms with Gasteiger partial charge < -0.3 is 10.2 Å². The van der Waals surface area contributed by atoms with Crippen molar-refractivity contribution in [2.24, 2.45) is 0 Å². The molecule has 3 aliphatic heterocycles. The molecular formula is C6H12N2O2. The molecule has 0 aromatic heterocycles. The summed E-state index contributed by atoms with van der Waals surface area (Å²) in [6.45, 7) is 3.90. The summed E-state index contributed by atoms with van der Waals surface area (Å²) in [5.41, 5.74) is 0. The Morgan fingerprint density at radius 3 is 1.80 bits per heavy atom. The van der Waals surface area contributed by atoms with Crippen LogP contribution in [0.4, 0.5) is 0 Å². The third-order valence-corrected chi connectivity index (χ3v) is 2.31. The van der Waals surface area contributed by atoms with Gasteiger partial charge in [-0.05, 0) is 0 Å². The summed E-state index contributed by atoms with van der Waals surface area (Å²) < 4.78 is 0. The lowest BCUT2D eigenvalue weighted by molar-refractivity contribution is -0.305. The number of fused-ring (bicyclic) bond motifs is 3. The molecule has 4 heteroatoms. The SMILES string of the molecule is OC1(O)CN2CCN1CC2. The first-order chi connectivity index (χ1) is 4.68. The number of piperazine rings is 3. The van der Waals surface area contributed by atoms with E-state index >= 15 is 0 Å². The van der Waals surface area contributed by atoms with E-state index in [1.54, 1.807) is 4.90 Å². The van der Waals surface area contributed by atoms with E-state index in [0.717, 1.165) is 26.2 Å². The third-order valence-electron chi connectivity index (χ3n) is 2.31. The fraction of sp³-hybridized carbons (Fsp3) is 1.00. The van der Waals surface area contributed by atoms with Gasteiger partial charge >= 0.3 is 0 Å². The predicted octanol–water partition coefficient (Wildman–Crippen LogP) is -1.74. The molecule has 3 aliphatic rings. The first kappa shape index (κ1) is 6.54. The fourth-order valence-electron chi connectivity index (χ4n) is 1.66. The summed E-state index contributed by atoms with van der Waals surface area (Å²) in [4.78, 5) is 3.78. The van der Waals surface area contributed by atoms with E-state index in [0.29, 0.717) is 6.54 Å². The van der Waals surface area contributed by atoms with Crippen molar-refractivity contribution in [3.8, 4) is 0 Å². The molecule has 3 heterocycles. The monoisotopic (exact) mass is 144 g/mol. The third kappa shape index (κ3) is 0.845. The van der Waals surface area contributed by atoms with Crippen molar-refractivity contribution in [1.29, 1.82) is 0 Å². The Labute approximate surface area is 59.7 Å². The van der Waals surface area contributed by atoms with Gasteiger partial charge in [-0.15, -0.1) is 0 Å². The largest absolute Gasteiger partial charge is 0.352 e. The zero-order valence-electron chi connectivity index (χ0n) is 5.82. The summed E-state index contributed by atoms with van der Waals surface area (Å²) in [7, 11) is 0. The van der Waals surface area contributed by atoms with Gasteiger partial charge in [0.25, 0.3) is 0 Å². The number of hydrogen-bond donors (Lipinski definition) is 2. The van der Waals surface area contributed by atoms with Gasteiger partial charge in [0.1, 0.15) is 0 Å². The molecular weight excluding hydrogens is 132 g/mol. The van der Waals surface area contributed by atoms with E-state index in [9.17, 15) is 10.2 Å². The Kier molecular flexibility index (Phi) is 1.25. The van der Waals surface area contributed by atoms with Crippen molar-refractivity contribution in [2.75, 3.05) is 32.7 Å². The van der Waals surface area contributed by atoms with Crippen molar-refractivity contribution in [2.45, 2.75) is 5.91 Å². The van der Waals surface area contributed by atoms with Gasteiger partial charge in [-0.1, -0.05) is 0 Å². The Morgan fingerprint density at radius 2 is 1.60 bits per heavy atom. The normalized spacial score (nSPS) is 43.8. The highest BCUT2D eigenvalue weighted by Gasteiger charge is 2.41. The van der Waals surface area contributed by atoms with Gasteiger partial charge in [-0.2, -0.15) is 0 Å². The van der Waals surface area contributed by atoms with Crippen LogP contribution in [0.15, 0.2) is 0 Å². The van der Waals surface area contributed by atoms with Gasteiger partial charge in [0.05, 0.1) is 6.54 Å². The van der Waals surface area contributed by atoms with Crippen LogP contribution in [0, 0.1) is 0 Å². The highest BCUT2D eigenvalue weighted by Crippen LogP contribution is 2.20. The molecule has 0 aliphatic carbocycles. The second kappa shape index (κ2) is 1.92. The molecule has 0 atom stereocenters. The molecule has 0 aromatic carbocycles. The summed E-state index contributed by atoms with van der Waals surface area (Å²) in [5.74, 6) is -1.55. The Hall–Kier alpha value is -0.160. The minimum absolute atomic E-state index is 0.382. The molecule has 0 spiro atoms. The molecule has 4 nitrogen and oxygen atoms in total. The smallest absolute Gasteiger partial charge is 0.238 e. The molecule has 0 unspecified atom stereocenters. The summed E-state index contributed by atoms with van der Waals surface area (Å²) in [6, 6.07) is 0. The number of aliphatic hydroxyl groups is 2. The average molecular weight is 144 g/mol. The maximum absolute atomic E-state index is 9.30. The molecule has 10 heavy (non-hydrogen) atoms. The average Bonchev–Trinajstić information content (AvgIpc) is 1.87. The standard InChI is InChI=1S/C6H12N2O2/c9-6(10)5-7-1-3-8(6)4-2-7/h9-10H,1-5H2. The molecule has 0 amide bonds. The maximum Gasteiger partial charge on any atom is 0.238 e. The van der Waals surface area contributed by atoms with Crippen LogP contribution in [0.25, 0.3) is 0 Å². The fourth-order valence-corrected chi connectivity index (χ4v) is 1.66. The molecule has 0 aromatic rings. The van der Waals surface area contributed by atoms with Gasteiger partial charge in [-0.25, -0.2) is 4.90 Å². The predicted molar refractivity (Wildman–Crippen MR) is 35.2 cm³/mol. The molecule has 2 bridgehead atoms. The van der Waals surface area contributed by atoms with Crippen LogP contribution >= 0.6 is 0 Å². The summed E-state index contributed by atoms with van der Waals surface area (Å²) in [5, 5.41) is 18.6. The van der Waals surface area contributed by atoms with Crippen molar-refractivity contribution in [1.82, 2.24) is 9.80 Å². The van der Waals surface area contributed by atoms with Crippen molar-refractivity contribution in [3.63, 3.8) is 0 Å². The van der Waals surface area contributed by atoms with Crippen LogP contribution in [-0.4, -0.2) is 58.6 Å². The first-order valence-electron chi connectivity index (χ1n) is 3.61. The van der Waals surface area contributed by atoms with Gasteiger partial charge in [-0.3, -0.25) is 4.90 Å². The second-order valence-electron chi connectivity index (χ2n) is 3.04. The van der Waals surface area contributed by atoms with Crippen molar-refractivity contribution in [3.05, 3.63) is 0 Å².